The number of hydrogen-bond acceptors (Lipinski definition) is 5. The summed E-state index contributed by atoms with van der Waals surface area (Å²) in [4.78, 5) is 10.6. The summed E-state index contributed by atoms with van der Waals surface area (Å²) in [6.07, 6.45) is 4.22. The largest absolute Gasteiger partial charge is 0.501 e. The third-order valence-corrected chi connectivity index (χ3v) is 3.41. The summed E-state index contributed by atoms with van der Waals surface area (Å²) in [5.74, 6) is 1.31. The van der Waals surface area contributed by atoms with Crippen molar-refractivity contribution in [2.45, 2.75) is 25.7 Å². The number of hydrogen-bond donors (Lipinski definition) is 1. The molecule has 6 nitrogen and oxygen atoms in total. The maximum atomic E-state index is 10.6. The van der Waals surface area contributed by atoms with E-state index in [-0.39, 0.29) is 0 Å². The molecule has 23 heavy (non-hydrogen) atoms. The standard InChI is InChI=1S/C17H24O6/c1-20-13(11-16(18)19)8-6-5-7-12-9-14(21-2)17(23-4)15(10-12)22-3/h9-11H,5-8H2,1-4H3,(H,18,19)/b13-11-. The molecule has 0 spiro atoms. The molecule has 0 aliphatic carbocycles. The highest BCUT2D eigenvalue weighted by Crippen LogP contribution is 2.38. The molecule has 0 unspecified atom stereocenters. The number of carbonyl (C=O) groups is 1. The first kappa shape index (κ1) is 18.7. The molecule has 1 N–H and O–H groups in total. The van der Waals surface area contributed by atoms with Gasteiger partial charge >= 0.3 is 5.97 Å². The molecule has 128 valence electrons. The molecule has 0 aromatic heterocycles. The Morgan fingerprint density at radius 1 is 1.04 bits per heavy atom. The number of aliphatic carboxylic acids is 1. The van der Waals surface area contributed by atoms with Gasteiger partial charge in [-0.15, -0.1) is 0 Å². The Bertz CT molecular complexity index is 525. The summed E-state index contributed by atoms with van der Waals surface area (Å²) in [7, 11) is 6.22. The second kappa shape index (κ2) is 9.61. The van der Waals surface area contributed by atoms with E-state index in [1.807, 2.05) is 12.1 Å². The highest BCUT2D eigenvalue weighted by Gasteiger charge is 2.13. The number of benzene rings is 1. The molecular formula is C17H24O6. The maximum absolute atomic E-state index is 10.6. The average Bonchev–Trinajstić information content (AvgIpc) is 2.55. The summed E-state index contributed by atoms with van der Waals surface area (Å²) in [5, 5.41) is 8.72. The van der Waals surface area contributed by atoms with Crippen LogP contribution in [0.2, 0.25) is 0 Å². The van der Waals surface area contributed by atoms with Gasteiger partial charge < -0.3 is 24.1 Å². The van der Waals surface area contributed by atoms with Crippen LogP contribution in [0.15, 0.2) is 24.0 Å². The minimum Gasteiger partial charge on any atom is -0.501 e. The van der Waals surface area contributed by atoms with Crippen molar-refractivity contribution < 1.29 is 28.8 Å². The fraction of sp³-hybridized carbons (Fsp3) is 0.471. The molecule has 0 saturated carbocycles. The summed E-state index contributed by atoms with van der Waals surface area (Å²) in [6, 6.07) is 3.84. The summed E-state index contributed by atoms with van der Waals surface area (Å²) < 4.78 is 21.0. The van der Waals surface area contributed by atoms with E-state index in [0.717, 1.165) is 30.9 Å². The van der Waals surface area contributed by atoms with Gasteiger partial charge in [0.15, 0.2) is 11.5 Å². The van der Waals surface area contributed by atoms with Crippen molar-refractivity contribution in [3.63, 3.8) is 0 Å². The smallest absolute Gasteiger partial charge is 0.331 e. The monoisotopic (exact) mass is 324 g/mol. The highest BCUT2D eigenvalue weighted by atomic mass is 16.5. The molecule has 0 aliphatic rings. The molecular weight excluding hydrogens is 300 g/mol. The summed E-state index contributed by atoms with van der Waals surface area (Å²) in [6.45, 7) is 0. The van der Waals surface area contributed by atoms with Gasteiger partial charge in [0.2, 0.25) is 5.75 Å². The van der Waals surface area contributed by atoms with Crippen LogP contribution in [0, 0.1) is 0 Å². The Hall–Kier alpha value is -2.37. The predicted molar refractivity (Wildman–Crippen MR) is 86.4 cm³/mol. The first-order chi connectivity index (χ1) is 11.0. The number of carboxylic acids is 1. The van der Waals surface area contributed by atoms with Gasteiger partial charge in [-0.05, 0) is 37.0 Å². The second-order valence-corrected chi connectivity index (χ2v) is 4.89. The van der Waals surface area contributed by atoms with Crippen LogP contribution in [0.1, 0.15) is 24.8 Å². The number of aryl methyl sites for hydroxylation is 1. The second-order valence-electron chi connectivity index (χ2n) is 4.89. The Morgan fingerprint density at radius 3 is 2.09 bits per heavy atom. The van der Waals surface area contributed by atoms with Gasteiger partial charge in [-0.3, -0.25) is 0 Å². The number of rotatable bonds is 10. The Morgan fingerprint density at radius 2 is 1.65 bits per heavy atom. The molecule has 0 fully saturated rings. The number of unbranched alkanes of at least 4 members (excludes halogenated alkanes) is 1. The quantitative estimate of drug-likeness (QED) is 0.405. The van der Waals surface area contributed by atoms with Gasteiger partial charge in [0.05, 0.1) is 34.5 Å². The van der Waals surface area contributed by atoms with Gasteiger partial charge in [0.25, 0.3) is 0 Å². The predicted octanol–water partition coefficient (Wildman–Crippen LogP) is 3.04. The van der Waals surface area contributed by atoms with Crippen molar-refractivity contribution >= 4 is 5.97 Å². The fourth-order valence-corrected chi connectivity index (χ4v) is 2.28. The third-order valence-electron chi connectivity index (χ3n) is 3.41. The van der Waals surface area contributed by atoms with Gasteiger partial charge in [0, 0.05) is 6.42 Å². The highest BCUT2D eigenvalue weighted by molar-refractivity contribution is 5.80. The lowest BCUT2D eigenvalue weighted by molar-refractivity contribution is -0.131. The third kappa shape index (κ3) is 5.73. The molecule has 6 heteroatoms. The van der Waals surface area contributed by atoms with Gasteiger partial charge in [-0.2, -0.15) is 0 Å². The lowest BCUT2D eigenvalue weighted by Gasteiger charge is -2.14. The zero-order valence-electron chi connectivity index (χ0n) is 14.0. The van der Waals surface area contributed by atoms with E-state index in [1.54, 1.807) is 21.3 Å². The zero-order valence-corrected chi connectivity index (χ0v) is 14.0. The van der Waals surface area contributed by atoms with Gasteiger partial charge in [-0.25, -0.2) is 4.79 Å². The molecule has 1 rings (SSSR count). The minimum absolute atomic E-state index is 0.474. The fourth-order valence-electron chi connectivity index (χ4n) is 2.28. The number of allylic oxidation sites excluding steroid dienone is 1. The van der Waals surface area contributed by atoms with Crippen LogP contribution < -0.4 is 14.2 Å². The summed E-state index contributed by atoms with van der Waals surface area (Å²) in [5.41, 5.74) is 1.07. The molecule has 1 aromatic carbocycles. The topological polar surface area (TPSA) is 74.2 Å². The SMILES string of the molecule is CO/C(=C\C(=O)O)CCCCc1cc(OC)c(OC)c(OC)c1. The van der Waals surface area contributed by atoms with E-state index in [2.05, 4.69) is 0 Å². The van der Waals surface area contributed by atoms with Crippen molar-refractivity contribution in [3.8, 4) is 17.2 Å². The van der Waals surface area contributed by atoms with Gasteiger partial charge in [0.1, 0.15) is 5.76 Å². The molecule has 0 radical (unpaired) electrons. The maximum Gasteiger partial charge on any atom is 0.331 e. The number of ether oxygens (including phenoxy) is 4. The molecule has 1 aromatic rings. The van der Waals surface area contributed by atoms with E-state index in [9.17, 15) is 4.79 Å². The Kier molecular flexibility index (Phi) is 7.80. The number of methoxy groups -OCH3 is 4. The van der Waals surface area contributed by atoms with E-state index in [1.165, 1.54) is 7.11 Å². The first-order valence-corrected chi connectivity index (χ1v) is 7.32. The molecule has 0 aliphatic heterocycles. The normalized spacial score (nSPS) is 11.0. The van der Waals surface area contributed by atoms with E-state index < -0.39 is 5.97 Å². The Balaban J connectivity index is 2.66. The van der Waals surface area contributed by atoms with Crippen molar-refractivity contribution in [1.82, 2.24) is 0 Å². The van der Waals surface area contributed by atoms with Gasteiger partial charge in [-0.1, -0.05) is 0 Å². The lowest BCUT2D eigenvalue weighted by Crippen LogP contribution is -1.98. The van der Waals surface area contributed by atoms with E-state index >= 15 is 0 Å². The zero-order chi connectivity index (χ0) is 17.2. The van der Waals surface area contributed by atoms with Crippen molar-refractivity contribution in [1.29, 1.82) is 0 Å². The minimum atomic E-state index is -0.994. The van der Waals surface area contributed by atoms with Crippen LogP contribution in [0.4, 0.5) is 0 Å². The van der Waals surface area contributed by atoms with Crippen molar-refractivity contribution in [2.24, 2.45) is 0 Å². The van der Waals surface area contributed by atoms with Crippen molar-refractivity contribution in [3.05, 3.63) is 29.5 Å². The number of carboxylic acid groups (broad SMARTS) is 1. The summed E-state index contributed by atoms with van der Waals surface area (Å²) >= 11 is 0. The Labute approximate surface area is 136 Å². The van der Waals surface area contributed by atoms with Crippen LogP contribution in [0.25, 0.3) is 0 Å². The first-order valence-electron chi connectivity index (χ1n) is 7.32. The van der Waals surface area contributed by atoms with Crippen LogP contribution in [0.3, 0.4) is 0 Å². The van der Waals surface area contributed by atoms with Crippen molar-refractivity contribution in [2.75, 3.05) is 28.4 Å². The molecule has 0 bridgehead atoms. The van der Waals surface area contributed by atoms with Crippen LogP contribution in [-0.4, -0.2) is 39.5 Å². The molecule has 0 atom stereocenters. The van der Waals surface area contributed by atoms with E-state index in [0.29, 0.717) is 29.4 Å². The van der Waals surface area contributed by atoms with E-state index in [4.69, 9.17) is 24.1 Å². The molecule has 0 heterocycles. The van der Waals surface area contributed by atoms with Crippen LogP contribution >= 0.6 is 0 Å². The van der Waals surface area contributed by atoms with Crippen LogP contribution in [0.5, 0.6) is 17.2 Å². The average molecular weight is 324 g/mol. The molecule has 0 saturated heterocycles. The lowest BCUT2D eigenvalue weighted by atomic mass is 10.1. The van der Waals surface area contributed by atoms with Crippen LogP contribution in [-0.2, 0) is 16.0 Å². The molecule has 0 amide bonds.